The van der Waals surface area contributed by atoms with Crippen LogP contribution < -0.4 is 0 Å². The molecule has 4 heteroatoms. The first-order valence-corrected chi connectivity index (χ1v) is 9.28. The zero-order chi connectivity index (χ0) is 17.4. The van der Waals surface area contributed by atoms with Gasteiger partial charge in [-0.3, -0.25) is 14.5 Å². The molecule has 0 saturated carbocycles. The van der Waals surface area contributed by atoms with E-state index in [0.717, 1.165) is 27.0 Å². The molecule has 4 rings (SSSR count). The average Bonchev–Trinajstić information content (AvgIpc) is 2.65. The average molecular weight is 347 g/mol. The van der Waals surface area contributed by atoms with Crippen molar-refractivity contribution in [3.63, 3.8) is 0 Å². The van der Waals surface area contributed by atoms with E-state index in [9.17, 15) is 9.59 Å². The van der Waals surface area contributed by atoms with Crippen LogP contribution in [0.5, 0.6) is 0 Å². The summed E-state index contributed by atoms with van der Waals surface area (Å²) in [5.41, 5.74) is 2.17. The molecule has 3 nitrogen and oxygen atoms in total. The first-order chi connectivity index (χ1) is 12.2. The number of amides is 2. The molecule has 3 aromatic carbocycles. The minimum Gasteiger partial charge on any atom is -0.270 e. The fourth-order valence-corrected chi connectivity index (χ4v) is 4.11. The van der Waals surface area contributed by atoms with Gasteiger partial charge in [-0.25, -0.2) is 0 Å². The smallest absolute Gasteiger partial charge is 0.261 e. The molecule has 0 aromatic heterocycles. The van der Waals surface area contributed by atoms with E-state index in [4.69, 9.17) is 0 Å². The second kappa shape index (κ2) is 6.37. The lowest BCUT2D eigenvalue weighted by molar-refractivity contribution is 0.0598. The zero-order valence-corrected chi connectivity index (χ0v) is 14.7. The summed E-state index contributed by atoms with van der Waals surface area (Å²) in [6.45, 7) is 2.39. The van der Waals surface area contributed by atoms with Crippen molar-refractivity contribution in [3.05, 3.63) is 77.4 Å². The molecule has 1 aliphatic rings. The zero-order valence-electron chi connectivity index (χ0n) is 13.9. The second-order valence-electron chi connectivity index (χ2n) is 5.95. The topological polar surface area (TPSA) is 37.4 Å². The lowest BCUT2D eigenvalue weighted by Gasteiger charge is -2.27. The molecule has 124 valence electrons. The summed E-state index contributed by atoms with van der Waals surface area (Å²) in [5, 5.41) is 1.78. The number of imide groups is 1. The first kappa shape index (κ1) is 15.9. The summed E-state index contributed by atoms with van der Waals surface area (Å²) in [4.78, 5) is 28.4. The largest absolute Gasteiger partial charge is 0.270 e. The Morgan fingerprint density at radius 1 is 0.840 bits per heavy atom. The van der Waals surface area contributed by atoms with Crippen LogP contribution in [0.4, 0.5) is 0 Å². The highest BCUT2D eigenvalue weighted by Crippen LogP contribution is 2.36. The summed E-state index contributed by atoms with van der Waals surface area (Å²) >= 11 is 1.73. The van der Waals surface area contributed by atoms with Crippen LogP contribution in [0.2, 0.25) is 0 Å². The third kappa shape index (κ3) is 2.63. The summed E-state index contributed by atoms with van der Waals surface area (Å²) in [5.74, 6) is 0.511. The highest BCUT2D eigenvalue weighted by molar-refractivity contribution is 7.99. The van der Waals surface area contributed by atoms with Crippen molar-refractivity contribution in [2.75, 3.05) is 5.75 Å². The molecule has 0 atom stereocenters. The number of rotatable bonds is 4. The molecule has 1 heterocycles. The van der Waals surface area contributed by atoms with Crippen LogP contribution in [0.3, 0.4) is 0 Å². The Morgan fingerprint density at radius 2 is 1.56 bits per heavy atom. The predicted octanol–water partition coefficient (Wildman–Crippen LogP) is 4.75. The molecule has 1 aliphatic heterocycles. The van der Waals surface area contributed by atoms with E-state index in [2.05, 4.69) is 6.92 Å². The number of benzene rings is 3. The van der Waals surface area contributed by atoms with Crippen molar-refractivity contribution in [2.45, 2.75) is 18.4 Å². The minimum absolute atomic E-state index is 0.217. The quantitative estimate of drug-likeness (QED) is 0.505. The molecule has 25 heavy (non-hydrogen) atoms. The second-order valence-corrected chi connectivity index (χ2v) is 7.26. The summed E-state index contributed by atoms with van der Waals surface area (Å²) < 4.78 is 0. The van der Waals surface area contributed by atoms with Crippen molar-refractivity contribution >= 4 is 34.3 Å². The molecule has 2 amide bonds. The Hall–Kier alpha value is -2.59. The standard InChI is InChI=1S/C21H17NO2S/c1-2-25-18-12-11-17-19-15(18)9-6-10-16(19)20(23)22(21(17)24)13-14-7-4-3-5-8-14/h3-12H,2,13H2,1H3. The molecule has 0 aliphatic carbocycles. The normalized spacial score (nSPS) is 13.6. The highest BCUT2D eigenvalue weighted by atomic mass is 32.2. The van der Waals surface area contributed by atoms with E-state index in [-0.39, 0.29) is 11.8 Å². The molecular weight excluding hydrogens is 330 g/mol. The van der Waals surface area contributed by atoms with E-state index >= 15 is 0 Å². The fourth-order valence-electron chi connectivity index (χ4n) is 3.31. The van der Waals surface area contributed by atoms with Gasteiger partial charge < -0.3 is 0 Å². The number of carbonyl (C=O) groups excluding carboxylic acids is 2. The van der Waals surface area contributed by atoms with E-state index in [1.165, 1.54) is 4.90 Å². The van der Waals surface area contributed by atoms with Crippen molar-refractivity contribution < 1.29 is 9.59 Å². The van der Waals surface area contributed by atoms with E-state index < -0.39 is 0 Å². The van der Waals surface area contributed by atoms with Gasteiger partial charge in [-0.1, -0.05) is 49.4 Å². The third-order valence-electron chi connectivity index (χ3n) is 4.44. The maximum Gasteiger partial charge on any atom is 0.261 e. The van der Waals surface area contributed by atoms with Crippen LogP contribution in [-0.2, 0) is 6.54 Å². The number of nitrogens with zero attached hydrogens (tertiary/aromatic N) is 1. The molecule has 0 spiro atoms. The molecule has 0 fully saturated rings. The first-order valence-electron chi connectivity index (χ1n) is 8.29. The molecule has 0 unspecified atom stereocenters. The Morgan fingerprint density at radius 3 is 2.28 bits per heavy atom. The van der Waals surface area contributed by atoms with E-state index in [1.54, 1.807) is 11.8 Å². The highest BCUT2D eigenvalue weighted by Gasteiger charge is 2.33. The van der Waals surface area contributed by atoms with Gasteiger partial charge in [0, 0.05) is 21.4 Å². The minimum atomic E-state index is -0.217. The predicted molar refractivity (Wildman–Crippen MR) is 101 cm³/mol. The summed E-state index contributed by atoms with van der Waals surface area (Å²) in [6.07, 6.45) is 0. The van der Waals surface area contributed by atoms with E-state index in [0.29, 0.717) is 17.7 Å². The van der Waals surface area contributed by atoms with Crippen LogP contribution in [0, 0.1) is 0 Å². The van der Waals surface area contributed by atoms with Gasteiger partial charge in [0.25, 0.3) is 11.8 Å². The van der Waals surface area contributed by atoms with Gasteiger partial charge in [0.15, 0.2) is 0 Å². The van der Waals surface area contributed by atoms with Gasteiger partial charge in [-0.05, 0) is 34.9 Å². The van der Waals surface area contributed by atoms with Crippen molar-refractivity contribution in [2.24, 2.45) is 0 Å². The van der Waals surface area contributed by atoms with Gasteiger partial charge in [-0.15, -0.1) is 11.8 Å². The third-order valence-corrected chi connectivity index (χ3v) is 5.39. The van der Waals surface area contributed by atoms with Crippen LogP contribution in [0.1, 0.15) is 33.2 Å². The van der Waals surface area contributed by atoms with Gasteiger partial charge in [-0.2, -0.15) is 0 Å². The molecule has 0 bridgehead atoms. The molecule has 0 saturated heterocycles. The number of hydrogen-bond donors (Lipinski definition) is 0. The van der Waals surface area contributed by atoms with E-state index in [1.807, 2.05) is 60.7 Å². The Labute approximate surface area is 150 Å². The fraction of sp³-hybridized carbons (Fsp3) is 0.143. The lowest BCUT2D eigenvalue weighted by atomic mass is 9.93. The van der Waals surface area contributed by atoms with Crippen molar-refractivity contribution in [3.8, 4) is 0 Å². The van der Waals surface area contributed by atoms with Gasteiger partial charge in [0.1, 0.15) is 0 Å². The Bertz CT molecular complexity index is 960. The van der Waals surface area contributed by atoms with Crippen LogP contribution >= 0.6 is 11.8 Å². The lowest BCUT2D eigenvalue weighted by Crippen LogP contribution is -2.39. The number of carbonyl (C=O) groups is 2. The SMILES string of the molecule is CCSc1ccc2c3c(cccc13)C(=O)N(Cc1ccccc1)C2=O. The van der Waals surface area contributed by atoms with Crippen LogP contribution in [0.15, 0.2) is 65.6 Å². The molecular formula is C21H17NO2S. The molecule has 0 radical (unpaired) electrons. The van der Waals surface area contributed by atoms with Gasteiger partial charge in [0.05, 0.1) is 6.54 Å². The summed E-state index contributed by atoms with van der Waals surface area (Å²) in [6, 6.07) is 19.2. The van der Waals surface area contributed by atoms with Crippen molar-refractivity contribution in [1.82, 2.24) is 4.90 Å². The van der Waals surface area contributed by atoms with Crippen molar-refractivity contribution in [1.29, 1.82) is 0 Å². The maximum atomic E-state index is 13.0. The van der Waals surface area contributed by atoms with Gasteiger partial charge in [0.2, 0.25) is 0 Å². The molecule has 3 aromatic rings. The number of hydrogen-bond acceptors (Lipinski definition) is 3. The van der Waals surface area contributed by atoms with Crippen LogP contribution in [0.25, 0.3) is 10.8 Å². The van der Waals surface area contributed by atoms with Gasteiger partial charge >= 0.3 is 0 Å². The Balaban J connectivity index is 1.84. The monoisotopic (exact) mass is 347 g/mol. The number of thioether (sulfide) groups is 1. The van der Waals surface area contributed by atoms with Crippen LogP contribution in [-0.4, -0.2) is 22.5 Å². The molecule has 0 N–H and O–H groups in total. The maximum absolute atomic E-state index is 13.0. The summed E-state index contributed by atoms with van der Waals surface area (Å²) in [7, 11) is 0. The Kier molecular flexibility index (Phi) is 4.06.